The fourth-order valence-corrected chi connectivity index (χ4v) is 1.76. The van der Waals surface area contributed by atoms with Gasteiger partial charge < -0.3 is 10.2 Å². The molecule has 90 valence electrons. The molecule has 4 heteroatoms. The third-order valence-electron chi connectivity index (χ3n) is 2.56. The van der Waals surface area contributed by atoms with Crippen LogP contribution in [0.3, 0.4) is 0 Å². The summed E-state index contributed by atoms with van der Waals surface area (Å²) in [7, 11) is 0. The molecule has 0 aliphatic heterocycles. The van der Waals surface area contributed by atoms with Gasteiger partial charge in [-0.25, -0.2) is 8.78 Å². The van der Waals surface area contributed by atoms with Crippen LogP contribution < -0.4 is 5.73 Å². The normalized spacial score (nSPS) is 12.7. The Morgan fingerprint density at radius 3 is 2.35 bits per heavy atom. The summed E-state index contributed by atoms with van der Waals surface area (Å²) in [4.78, 5) is 0. The molecule has 0 saturated heterocycles. The van der Waals surface area contributed by atoms with Crippen LogP contribution in [0.15, 0.2) is 34.9 Å². The second-order valence-electron chi connectivity index (χ2n) is 4.08. The van der Waals surface area contributed by atoms with Crippen molar-refractivity contribution in [2.75, 3.05) is 0 Å². The first-order valence-corrected chi connectivity index (χ1v) is 5.30. The molecular formula is C13H13F2NO. The van der Waals surface area contributed by atoms with Crippen LogP contribution in [0.5, 0.6) is 0 Å². The van der Waals surface area contributed by atoms with E-state index >= 15 is 0 Å². The quantitative estimate of drug-likeness (QED) is 0.890. The van der Waals surface area contributed by atoms with Crippen LogP contribution in [-0.2, 0) is 6.42 Å². The van der Waals surface area contributed by atoms with Crippen LogP contribution in [0, 0.1) is 18.6 Å². The summed E-state index contributed by atoms with van der Waals surface area (Å²) in [5, 5.41) is 0. The Morgan fingerprint density at radius 1 is 1.18 bits per heavy atom. The van der Waals surface area contributed by atoms with Gasteiger partial charge in [0.25, 0.3) is 0 Å². The number of benzene rings is 1. The molecule has 0 aliphatic carbocycles. The molecule has 2 rings (SSSR count). The predicted octanol–water partition coefficient (Wildman–Crippen LogP) is 3.11. The number of rotatable bonds is 3. The Kier molecular flexibility index (Phi) is 3.24. The second-order valence-corrected chi connectivity index (χ2v) is 4.08. The molecular weight excluding hydrogens is 224 g/mol. The van der Waals surface area contributed by atoms with Crippen molar-refractivity contribution in [3.8, 4) is 0 Å². The lowest BCUT2D eigenvalue weighted by Gasteiger charge is -2.09. The summed E-state index contributed by atoms with van der Waals surface area (Å²) in [5.74, 6) is -0.410. The highest BCUT2D eigenvalue weighted by Gasteiger charge is 2.11. The summed E-state index contributed by atoms with van der Waals surface area (Å²) in [6.45, 7) is 1.82. The fourth-order valence-electron chi connectivity index (χ4n) is 1.76. The highest BCUT2D eigenvalue weighted by molar-refractivity contribution is 5.23. The summed E-state index contributed by atoms with van der Waals surface area (Å²) in [6.07, 6.45) is 1.93. The van der Waals surface area contributed by atoms with E-state index in [9.17, 15) is 8.78 Å². The van der Waals surface area contributed by atoms with Gasteiger partial charge in [0, 0.05) is 17.7 Å². The van der Waals surface area contributed by atoms with E-state index in [1.54, 1.807) is 6.26 Å². The van der Waals surface area contributed by atoms with E-state index in [1.807, 2.05) is 13.0 Å². The number of furan rings is 1. The standard InChI is InChI=1S/C13H13F2NO/c1-8-2-10(7-17-8)13(16)5-9-3-11(14)6-12(15)4-9/h2-4,6-7,13H,5,16H2,1H3. The van der Waals surface area contributed by atoms with Crippen molar-refractivity contribution in [3.63, 3.8) is 0 Å². The van der Waals surface area contributed by atoms with Crippen LogP contribution in [0.4, 0.5) is 8.78 Å². The first kappa shape index (κ1) is 11.8. The minimum atomic E-state index is -0.587. The fraction of sp³-hybridized carbons (Fsp3) is 0.231. The average Bonchev–Trinajstić information content (AvgIpc) is 2.63. The van der Waals surface area contributed by atoms with Crippen LogP contribution >= 0.6 is 0 Å². The van der Waals surface area contributed by atoms with Gasteiger partial charge >= 0.3 is 0 Å². The maximum Gasteiger partial charge on any atom is 0.126 e. The molecule has 1 aromatic carbocycles. The largest absolute Gasteiger partial charge is 0.469 e. The first-order valence-electron chi connectivity index (χ1n) is 5.30. The highest BCUT2D eigenvalue weighted by Crippen LogP contribution is 2.19. The van der Waals surface area contributed by atoms with Crippen molar-refractivity contribution >= 4 is 0 Å². The molecule has 0 aliphatic rings. The van der Waals surface area contributed by atoms with Gasteiger partial charge in [-0.3, -0.25) is 0 Å². The Hall–Kier alpha value is -1.68. The topological polar surface area (TPSA) is 39.2 Å². The second kappa shape index (κ2) is 4.67. The smallest absolute Gasteiger partial charge is 0.126 e. The molecule has 2 aromatic rings. The van der Waals surface area contributed by atoms with Gasteiger partial charge in [-0.05, 0) is 37.1 Å². The third-order valence-corrected chi connectivity index (χ3v) is 2.56. The minimum absolute atomic E-state index is 0.325. The molecule has 2 nitrogen and oxygen atoms in total. The Labute approximate surface area is 98.0 Å². The van der Waals surface area contributed by atoms with E-state index in [-0.39, 0.29) is 6.04 Å². The van der Waals surface area contributed by atoms with Gasteiger partial charge in [0.15, 0.2) is 0 Å². The van der Waals surface area contributed by atoms with E-state index in [1.165, 1.54) is 12.1 Å². The summed E-state index contributed by atoms with van der Waals surface area (Å²) in [5.41, 5.74) is 7.30. The Morgan fingerprint density at radius 2 is 1.82 bits per heavy atom. The lowest BCUT2D eigenvalue weighted by Crippen LogP contribution is -2.12. The van der Waals surface area contributed by atoms with Crippen molar-refractivity contribution in [2.45, 2.75) is 19.4 Å². The molecule has 0 fully saturated rings. The van der Waals surface area contributed by atoms with Gasteiger partial charge in [-0.15, -0.1) is 0 Å². The molecule has 0 bridgehead atoms. The van der Waals surface area contributed by atoms with Crippen LogP contribution in [0.2, 0.25) is 0 Å². The SMILES string of the molecule is Cc1cc(C(N)Cc2cc(F)cc(F)c2)co1. The van der Waals surface area contributed by atoms with Crippen molar-refractivity contribution in [1.82, 2.24) is 0 Å². The van der Waals surface area contributed by atoms with Gasteiger partial charge in [0.2, 0.25) is 0 Å². The zero-order valence-electron chi connectivity index (χ0n) is 9.41. The summed E-state index contributed by atoms with van der Waals surface area (Å²) < 4.78 is 31.1. The van der Waals surface area contributed by atoms with E-state index in [4.69, 9.17) is 10.2 Å². The maximum absolute atomic E-state index is 13.0. The summed E-state index contributed by atoms with van der Waals surface area (Å²) >= 11 is 0. The zero-order valence-corrected chi connectivity index (χ0v) is 9.41. The maximum atomic E-state index is 13.0. The lowest BCUT2D eigenvalue weighted by atomic mass is 10.0. The van der Waals surface area contributed by atoms with E-state index < -0.39 is 11.6 Å². The molecule has 1 aromatic heterocycles. The molecule has 0 saturated carbocycles. The Bertz CT molecular complexity index is 502. The van der Waals surface area contributed by atoms with Crippen molar-refractivity contribution in [2.24, 2.45) is 5.73 Å². The highest BCUT2D eigenvalue weighted by atomic mass is 19.1. The molecule has 0 spiro atoms. The monoisotopic (exact) mass is 237 g/mol. The van der Waals surface area contributed by atoms with Crippen molar-refractivity contribution < 1.29 is 13.2 Å². The van der Waals surface area contributed by atoms with E-state index in [0.29, 0.717) is 12.0 Å². The number of nitrogens with two attached hydrogens (primary N) is 1. The van der Waals surface area contributed by atoms with Gasteiger partial charge in [0.05, 0.1) is 6.26 Å². The van der Waals surface area contributed by atoms with Crippen molar-refractivity contribution in [3.05, 3.63) is 59.1 Å². The molecule has 2 N–H and O–H groups in total. The van der Waals surface area contributed by atoms with E-state index in [0.717, 1.165) is 17.4 Å². The zero-order chi connectivity index (χ0) is 12.4. The molecule has 1 heterocycles. The minimum Gasteiger partial charge on any atom is -0.469 e. The van der Waals surface area contributed by atoms with E-state index in [2.05, 4.69) is 0 Å². The average molecular weight is 237 g/mol. The predicted molar refractivity (Wildman–Crippen MR) is 60.4 cm³/mol. The van der Waals surface area contributed by atoms with Crippen LogP contribution in [0.25, 0.3) is 0 Å². The van der Waals surface area contributed by atoms with Crippen LogP contribution in [-0.4, -0.2) is 0 Å². The molecule has 0 amide bonds. The molecule has 17 heavy (non-hydrogen) atoms. The van der Waals surface area contributed by atoms with Crippen molar-refractivity contribution in [1.29, 1.82) is 0 Å². The summed E-state index contributed by atoms with van der Waals surface area (Å²) in [6, 6.07) is 4.91. The Balaban J connectivity index is 2.15. The lowest BCUT2D eigenvalue weighted by molar-refractivity contribution is 0.528. The van der Waals surface area contributed by atoms with Gasteiger partial charge in [0.1, 0.15) is 17.4 Å². The first-order chi connectivity index (χ1) is 8.04. The number of hydrogen-bond donors (Lipinski definition) is 1. The third kappa shape index (κ3) is 2.91. The van der Waals surface area contributed by atoms with Crippen LogP contribution in [0.1, 0.15) is 22.9 Å². The van der Waals surface area contributed by atoms with Gasteiger partial charge in [-0.1, -0.05) is 0 Å². The number of hydrogen-bond acceptors (Lipinski definition) is 2. The molecule has 0 radical (unpaired) electrons. The number of halogens is 2. The molecule has 1 unspecified atom stereocenters. The van der Waals surface area contributed by atoms with Gasteiger partial charge in [-0.2, -0.15) is 0 Å². The molecule has 1 atom stereocenters. The number of aryl methyl sites for hydroxylation is 1.